The largest absolute Gasteiger partial charge is 0.508 e. The van der Waals surface area contributed by atoms with Gasteiger partial charge >= 0.3 is 0 Å². The molecular weight excluding hydrogens is 208 g/mol. The lowest BCUT2D eigenvalue weighted by molar-refractivity contribution is 0.154. The molecule has 1 aromatic carbocycles. The number of aromatic hydroxyl groups is 1. The highest BCUT2D eigenvalue weighted by Crippen LogP contribution is 2.59. The fourth-order valence-electron chi connectivity index (χ4n) is 5.09. The van der Waals surface area contributed by atoms with Crippen molar-refractivity contribution in [2.75, 3.05) is 0 Å². The van der Waals surface area contributed by atoms with Crippen molar-refractivity contribution in [1.82, 2.24) is 0 Å². The molecule has 3 aliphatic rings. The summed E-state index contributed by atoms with van der Waals surface area (Å²) in [4.78, 5) is 0. The molecule has 1 nitrogen and oxygen atoms in total. The van der Waals surface area contributed by atoms with Gasteiger partial charge in [-0.15, -0.1) is 0 Å². The Bertz CT molecular complexity index is 437. The van der Waals surface area contributed by atoms with Crippen LogP contribution in [0, 0.1) is 23.7 Å². The lowest BCUT2D eigenvalue weighted by Crippen LogP contribution is -2.28. The van der Waals surface area contributed by atoms with Crippen LogP contribution in [-0.4, -0.2) is 5.11 Å². The quantitative estimate of drug-likeness (QED) is 0.772. The van der Waals surface area contributed by atoms with Crippen LogP contribution in [-0.2, 0) is 0 Å². The maximum Gasteiger partial charge on any atom is 0.115 e. The smallest absolute Gasteiger partial charge is 0.115 e. The second-order valence-corrected chi connectivity index (χ2v) is 6.54. The molecule has 4 unspecified atom stereocenters. The van der Waals surface area contributed by atoms with Gasteiger partial charge in [-0.2, -0.15) is 0 Å². The summed E-state index contributed by atoms with van der Waals surface area (Å²) in [6, 6.07) is 8.03. The van der Waals surface area contributed by atoms with Crippen molar-refractivity contribution in [3.05, 3.63) is 29.8 Å². The van der Waals surface area contributed by atoms with E-state index in [-0.39, 0.29) is 0 Å². The molecule has 5 atom stereocenters. The monoisotopic (exact) mass is 228 g/mol. The molecule has 0 amide bonds. The van der Waals surface area contributed by atoms with E-state index in [4.69, 9.17) is 0 Å². The Balaban J connectivity index is 1.71. The van der Waals surface area contributed by atoms with Gasteiger partial charge in [-0.05, 0) is 79.4 Å². The van der Waals surface area contributed by atoms with Crippen molar-refractivity contribution in [3.8, 4) is 5.75 Å². The lowest BCUT2D eigenvalue weighted by Gasteiger charge is -2.39. The molecule has 4 rings (SSSR count). The van der Waals surface area contributed by atoms with E-state index >= 15 is 0 Å². The van der Waals surface area contributed by atoms with Crippen LogP contribution in [0.1, 0.15) is 43.6 Å². The van der Waals surface area contributed by atoms with E-state index in [0.29, 0.717) is 5.75 Å². The van der Waals surface area contributed by atoms with Crippen molar-refractivity contribution in [3.63, 3.8) is 0 Å². The third-order valence-electron chi connectivity index (χ3n) is 5.55. The molecule has 0 aromatic heterocycles. The molecule has 3 bridgehead atoms. The summed E-state index contributed by atoms with van der Waals surface area (Å²) in [6.07, 6.45) is 7.32. The highest BCUT2D eigenvalue weighted by molar-refractivity contribution is 5.31. The molecule has 3 aliphatic carbocycles. The predicted octanol–water partition coefficient (Wildman–Crippen LogP) is 3.93. The lowest BCUT2D eigenvalue weighted by atomic mass is 9.65. The normalized spacial score (nSPS) is 42.9. The van der Waals surface area contributed by atoms with Gasteiger partial charge in [0.1, 0.15) is 5.75 Å². The summed E-state index contributed by atoms with van der Waals surface area (Å²) in [5, 5.41) is 9.66. The number of fused-ring (bicyclic) bond motifs is 2. The minimum atomic E-state index is 0.440. The number of hydrogen-bond donors (Lipinski definition) is 1. The zero-order valence-corrected chi connectivity index (χ0v) is 10.2. The summed E-state index contributed by atoms with van der Waals surface area (Å²) in [5.41, 5.74) is 1.40. The van der Waals surface area contributed by atoms with E-state index in [1.165, 1.54) is 37.7 Å². The molecule has 3 fully saturated rings. The second kappa shape index (κ2) is 3.51. The number of hydrogen-bond acceptors (Lipinski definition) is 1. The predicted molar refractivity (Wildman–Crippen MR) is 67.9 cm³/mol. The van der Waals surface area contributed by atoms with Crippen molar-refractivity contribution in [2.45, 2.75) is 38.0 Å². The summed E-state index contributed by atoms with van der Waals surface area (Å²) >= 11 is 0. The number of benzene rings is 1. The fourth-order valence-corrected chi connectivity index (χ4v) is 5.09. The molecule has 0 saturated heterocycles. The van der Waals surface area contributed by atoms with Gasteiger partial charge in [0.15, 0.2) is 0 Å². The summed E-state index contributed by atoms with van der Waals surface area (Å²) in [6.45, 7) is 0. The first kappa shape index (κ1) is 9.99. The third kappa shape index (κ3) is 1.51. The average Bonchev–Trinajstić information content (AvgIpc) is 2.52. The molecule has 1 N–H and O–H groups in total. The zero-order chi connectivity index (χ0) is 11.4. The SMILES string of the molecule is Oc1cccc([C@@H]2CC3CC4CC(C3)C2C4)c1. The molecular formula is C16H20O. The molecule has 17 heavy (non-hydrogen) atoms. The first-order valence-electron chi connectivity index (χ1n) is 7.08. The minimum Gasteiger partial charge on any atom is -0.508 e. The van der Waals surface area contributed by atoms with Crippen LogP contribution in [0.15, 0.2) is 24.3 Å². The van der Waals surface area contributed by atoms with Crippen LogP contribution >= 0.6 is 0 Å². The van der Waals surface area contributed by atoms with Crippen LogP contribution in [0.4, 0.5) is 0 Å². The Kier molecular flexibility index (Phi) is 2.06. The van der Waals surface area contributed by atoms with Crippen molar-refractivity contribution in [1.29, 1.82) is 0 Å². The maximum atomic E-state index is 9.66. The van der Waals surface area contributed by atoms with E-state index < -0.39 is 0 Å². The van der Waals surface area contributed by atoms with Gasteiger partial charge in [-0.25, -0.2) is 0 Å². The van der Waals surface area contributed by atoms with Gasteiger partial charge in [0, 0.05) is 0 Å². The molecule has 0 radical (unpaired) electrons. The second-order valence-electron chi connectivity index (χ2n) is 6.54. The van der Waals surface area contributed by atoms with Gasteiger partial charge in [0.2, 0.25) is 0 Å². The molecule has 1 heteroatoms. The summed E-state index contributed by atoms with van der Waals surface area (Å²) in [7, 11) is 0. The number of rotatable bonds is 1. The van der Waals surface area contributed by atoms with Gasteiger partial charge in [-0.3, -0.25) is 0 Å². The molecule has 0 heterocycles. The van der Waals surface area contributed by atoms with Gasteiger partial charge in [0.05, 0.1) is 0 Å². The van der Waals surface area contributed by atoms with Gasteiger partial charge in [-0.1, -0.05) is 12.1 Å². The average molecular weight is 228 g/mol. The van der Waals surface area contributed by atoms with Gasteiger partial charge < -0.3 is 5.11 Å². The van der Waals surface area contributed by atoms with Crippen molar-refractivity contribution >= 4 is 0 Å². The maximum absolute atomic E-state index is 9.66. The Morgan fingerprint density at radius 2 is 1.76 bits per heavy atom. The Labute approximate surface area is 103 Å². The van der Waals surface area contributed by atoms with Crippen LogP contribution in [0.2, 0.25) is 0 Å². The molecule has 3 saturated carbocycles. The first-order chi connectivity index (χ1) is 8.29. The molecule has 0 spiro atoms. The van der Waals surface area contributed by atoms with Crippen molar-refractivity contribution < 1.29 is 5.11 Å². The zero-order valence-electron chi connectivity index (χ0n) is 10.2. The summed E-state index contributed by atoms with van der Waals surface area (Å²) in [5.74, 6) is 5.10. The molecule has 1 aromatic rings. The van der Waals surface area contributed by atoms with E-state index in [2.05, 4.69) is 6.07 Å². The minimum absolute atomic E-state index is 0.440. The van der Waals surface area contributed by atoms with Crippen LogP contribution < -0.4 is 0 Å². The highest BCUT2D eigenvalue weighted by atomic mass is 16.3. The first-order valence-corrected chi connectivity index (χ1v) is 7.08. The van der Waals surface area contributed by atoms with E-state index in [0.717, 1.165) is 29.6 Å². The van der Waals surface area contributed by atoms with Crippen LogP contribution in [0.3, 0.4) is 0 Å². The van der Waals surface area contributed by atoms with Crippen LogP contribution in [0.25, 0.3) is 0 Å². The van der Waals surface area contributed by atoms with E-state index in [1.807, 2.05) is 12.1 Å². The Morgan fingerprint density at radius 3 is 2.59 bits per heavy atom. The van der Waals surface area contributed by atoms with E-state index in [9.17, 15) is 5.11 Å². The number of phenols is 1. The highest BCUT2D eigenvalue weighted by Gasteiger charge is 2.48. The Hall–Kier alpha value is -0.980. The van der Waals surface area contributed by atoms with Crippen molar-refractivity contribution in [2.24, 2.45) is 23.7 Å². The van der Waals surface area contributed by atoms with Crippen LogP contribution in [0.5, 0.6) is 5.75 Å². The summed E-state index contributed by atoms with van der Waals surface area (Å²) < 4.78 is 0. The third-order valence-corrected chi connectivity index (χ3v) is 5.55. The topological polar surface area (TPSA) is 20.2 Å². The molecule has 90 valence electrons. The standard InChI is InChI=1S/C16H20O/c17-14-3-1-2-12(9-14)15-7-10-4-11-6-13(5-10)16(15)8-11/h1-3,9-11,13,15-17H,4-8H2/t10?,11?,13?,15-,16?/m0/s1. The fraction of sp³-hybridized carbons (Fsp3) is 0.625. The molecule has 0 aliphatic heterocycles. The Morgan fingerprint density at radius 1 is 0.941 bits per heavy atom. The number of phenolic OH excluding ortho intramolecular Hbond substituents is 1. The van der Waals surface area contributed by atoms with E-state index in [1.54, 1.807) is 6.07 Å². The van der Waals surface area contributed by atoms with Gasteiger partial charge in [0.25, 0.3) is 0 Å².